The Balaban J connectivity index is 1.24. The first-order chi connectivity index (χ1) is 15.5. The molecule has 0 atom stereocenters. The van der Waals surface area contributed by atoms with E-state index >= 15 is 0 Å². The first kappa shape index (κ1) is 20.7. The number of rotatable bonds is 4. The second-order valence-corrected chi connectivity index (χ2v) is 8.95. The van der Waals surface area contributed by atoms with Gasteiger partial charge in [0.25, 0.3) is 11.5 Å². The monoisotopic (exact) mass is 468 g/mol. The van der Waals surface area contributed by atoms with Crippen molar-refractivity contribution in [1.29, 1.82) is 0 Å². The molecule has 0 bridgehead atoms. The van der Waals surface area contributed by atoms with E-state index in [1.807, 2.05) is 22.4 Å². The molecule has 0 saturated carbocycles. The zero-order valence-electron chi connectivity index (χ0n) is 17.3. The number of aromatic nitrogens is 4. The summed E-state index contributed by atoms with van der Waals surface area (Å²) >= 11 is 6.75. The number of aromatic amines is 1. The van der Waals surface area contributed by atoms with E-state index in [1.54, 1.807) is 36.6 Å². The van der Waals surface area contributed by atoms with Crippen molar-refractivity contribution in [1.82, 2.24) is 29.5 Å². The van der Waals surface area contributed by atoms with Crippen molar-refractivity contribution >= 4 is 40.4 Å². The number of nitrogens with zero attached hydrogens (tertiary/aromatic N) is 5. The normalized spacial score (nSPS) is 14.8. The van der Waals surface area contributed by atoms with E-state index in [1.165, 1.54) is 4.57 Å². The van der Waals surface area contributed by atoms with Crippen molar-refractivity contribution in [3.8, 4) is 10.7 Å². The Morgan fingerprint density at radius 2 is 2.06 bits per heavy atom. The summed E-state index contributed by atoms with van der Waals surface area (Å²) in [7, 11) is 1.62. The van der Waals surface area contributed by atoms with Crippen LogP contribution >= 0.6 is 23.6 Å². The summed E-state index contributed by atoms with van der Waals surface area (Å²) in [6.07, 6.45) is 0. The smallest absolute Gasteiger partial charge is 0.261 e. The van der Waals surface area contributed by atoms with Crippen LogP contribution in [-0.2, 0) is 13.6 Å². The summed E-state index contributed by atoms with van der Waals surface area (Å²) in [4.78, 5) is 37.8. The highest BCUT2D eigenvalue weighted by atomic mass is 32.1. The largest absolute Gasteiger partial charge is 0.338 e. The summed E-state index contributed by atoms with van der Waals surface area (Å²) in [6, 6.07) is 8.98. The lowest BCUT2D eigenvalue weighted by Gasteiger charge is -2.34. The van der Waals surface area contributed by atoms with E-state index in [-0.39, 0.29) is 11.5 Å². The van der Waals surface area contributed by atoms with Crippen LogP contribution in [0.1, 0.15) is 16.2 Å². The molecule has 32 heavy (non-hydrogen) atoms. The van der Waals surface area contributed by atoms with Gasteiger partial charge in [-0.15, -0.1) is 11.3 Å². The van der Waals surface area contributed by atoms with Gasteiger partial charge >= 0.3 is 0 Å². The second kappa shape index (κ2) is 8.41. The molecule has 0 spiro atoms. The molecular formula is C21H20N6O3S2. The van der Waals surface area contributed by atoms with Gasteiger partial charge in [0.05, 0.1) is 22.3 Å². The number of H-pyrrole nitrogens is 1. The maximum absolute atomic E-state index is 13.0. The summed E-state index contributed by atoms with van der Waals surface area (Å²) < 4.78 is 7.09. The van der Waals surface area contributed by atoms with Gasteiger partial charge in [-0.3, -0.25) is 19.1 Å². The minimum atomic E-state index is -0.181. The third-order valence-corrected chi connectivity index (χ3v) is 6.82. The summed E-state index contributed by atoms with van der Waals surface area (Å²) in [5.74, 6) is 1.11. The molecule has 1 aliphatic heterocycles. The van der Waals surface area contributed by atoms with E-state index < -0.39 is 0 Å². The van der Waals surface area contributed by atoms with Crippen LogP contribution in [0.2, 0.25) is 0 Å². The molecule has 1 aliphatic rings. The quantitative estimate of drug-likeness (QED) is 0.460. The molecular weight excluding hydrogens is 448 g/mol. The van der Waals surface area contributed by atoms with Gasteiger partial charge in [0.1, 0.15) is 0 Å². The number of carbonyl (C=O) groups excluding carboxylic acids is 1. The number of thiophene rings is 1. The van der Waals surface area contributed by atoms with Crippen molar-refractivity contribution in [2.24, 2.45) is 7.05 Å². The van der Waals surface area contributed by atoms with Gasteiger partial charge in [-0.25, -0.2) is 0 Å². The van der Waals surface area contributed by atoms with Crippen molar-refractivity contribution in [3.63, 3.8) is 0 Å². The molecule has 1 N–H and O–H groups in total. The Kier molecular flexibility index (Phi) is 5.45. The lowest BCUT2D eigenvalue weighted by molar-refractivity contribution is 0.0615. The van der Waals surface area contributed by atoms with Crippen LogP contribution in [0.3, 0.4) is 0 Å². The van der Waals surface area contributed by atoms with Crippen LogP contribution in [0, 0.1) is 4.77 Å². The number of hydrogen-bond donors (Lipinski definition) is 1. The van der Waals surface area contributed by atoms with Gasteiger partial charge in [-0.1, -0.05) is 11.2 Å². The SMILES string of the molecule is Cn1c(=S)[nH]c2cc(C(=O)N3CCN(Cc4nc(-c5cccs5)no4)CC3)ccc2c1=O. The standard InChI is InChI=1S/C21H20N6O3S2/c1-25-20(29)14-5-4-13(11-15(14)22-21(25)31)19(28)27-8-6-26(7-9-27)12-17-23-18(24-30-17)16-3-2-10-32-16/h2-5,10-11H,6-9,12H2,1H3,(H,22,31). The zero-order valence-corrected chi connectivity index (χ0v) is 18.9. The Labute approximate surface area is 191 Å². The Hall–Kier alpha value is -3.15. The number of amides is 1. The third kappa shape index (κ3) is 3.90. The van der Waals surface area contributed by atoms with E-state index in [0.717, 1.165) is 4.88 Å². The molecule has 0 radical (unpaired) electrons. The Morgan fingerprint density at radius 1 is 1.25 bits per heavy atom. The molecule has 4 heterocycles. The van der Waals surface area contributed by atoms with Crippen molar-refractivity contribution in [2.45, 2.75) is 6.54 Å². The van der Waals surface area contributed by atoms with Crippen molar-refractivity contribution < 1.29 is 9.32 Å². The minimum absolute atomic E-state index is 0.0654. The molecule has 3 aromatic heterocycles. The lowest BCUT2D eigenvalue weighted by atomic mass is 10.1. The molecule has 1 amide bonds. The first-order valence-corrected chi connectivity index (χ1v) is 11.4. The number of carbonyl (C=O) groups is 1. The maximum atomic E-state index is 13.0. The fourth-order valence-corrected chi connectivity index (χ4v) is 4.59. The van der Waals surface area contributed by atoms with Gasteiger partial charge in [-0.2, -0.15) is 4.98 Å². The van der Waals surface area contributed by atoms with Crippen LogP contribution in [0.5, 0.6) is 0 Å². The average molecular weight is 469 g/mol. The molecule has 164 valence electrons. The number of benzene rings is 1. The lowest BCUT2D eigenvalue weighted by Crippen LogP contribution is -2.48. The number of hydrogen-bond acceptors (Lipinski definition) is 8. The Bertz CT molecular complexity index is 1400. The van der Waals surface area contributed by atoms with Gasteiger partial charge in [0.2, 0.25) is 11.7 Å². The van der Waals surface area contributed by atoms with E-state index in [0.29, 0.717) is 65.7 Å². The molecule has 1 saturated heterocycles. The molecule has 11 heteroatoms. The molecule has 9 nitrogen and oxygen atoms in total. The van der Waals surface area contributed by atoms with E-state index in [2.05, 4.69) is 20.0 Å². The highest BCUT2D eigenvalue weighted by Gasteiger charge is 2.24. The fourth-order valence-electron chi connectivity index (χ4n) is 3.75. The van der Waals surface area contributed by atoms with Gasteiger partial charge in [0.15, 0.2) is 4.77 Å². The molecule has 4 aromatic rings. The predicted molar refractivity (Wildman–Crippen MR) is 123 cm³/mol. The number of piperazine rings is 1. The Morgan fingerprint density at radius 3 is 2.81 bits per heavy atom. The van der Waals surface area contributed by atoms with Crippen LogP contribution in [0.15, 0.2) is 45.0 Å². The number of fused-ring (bicyclic) bond motifs is 1. The summed E-state index contributed by atoms with van der Waals surface area (Å²) in [5.41, 5.74) is 0.919. The molecule has 0 unspecified atom stereocenters. The summed E-state index contributed by atoms with van der Waals surface area (Å²) in [5, 5.41) is 6.53. The van der Waals surface area contributed by atoms with E-state index in [4.69, 9.17) is 16.7 Å². The maximum Gasteiger partial charge on any atom is 0.261 e. The molecule has 1 fully saturated rings. The first-order valence-electron chi connectivity index (χ1n) is 10.1. The van der Waals surface area contributed by atoms with Crippen LogP contribution in [-0.4, -0.2) is 61.6 Å². The number of nitrogens with one attached hydrogen (secondary N) is 1. The van der Waals surface area contributed by atoms with Crippen LogP contribution < -0.4 is 5.56 Å². The van der Waals surface area contributed by atoms with Crippen LogP contribution in [0.4, 0.5) is 0 Å². The third-order valence-electron chi connectivity index (χ3n) is 5.58. The molecule has 1 aromatic carbocycles. The van der Waals surface area contributed by atoms with Crippen molar-refractivity contribution in [3.05, 3.63) is 62.3 Å². The average Bonchev–Trinajstić information content (AvgIpc) is 3.49. The predicted octanol–water partition coefficient (Wildman–Crippen LogP) is 2.67. The zero-order chi connectivity index (χ0) is 22.2. The second-order valence-electron chi connectivity index (χ2n) is 7.61. The highest BCUT2D eigenvalue weighted by molar-refractivity contribution is 7.71. The highest BCUT2D eigenvalue weighted by Crippen LogP contribution is 2.22. The van der Waals surface area contributed by atoms with Gasteiger partial charge in [-0.05, 0) is 41.9 Å². The van der Waals surface area contributed by atoms with Gasteiger partial charge < -0.3 is 14.4 Å². The van der Waals surface area contributed by atoms with E-state index in [9.17, 15) is 9.59 Å². The van der Waals surface area contributed by atoms with Crippen molar-refractivity contribution in [2.75, 3.05) is 26.2 Å². The fraction of sp³-hybridized carbons (Fsp3) is 0.286. The summed E-state index contributed by atoms with van der Waals surface area (Å²) in [6.45, 7) is 3.15. The van der Waals surface area contributed by atoms with Crippen LogP contribution in [0.25, 0.3) is 21.6 Å². The topological polar surface area (TPSA) is 100 Å². The van der Waals surface area contributed by atoms with Gasteiger partial charge in [0, 0.05) is 38.8 Å². The minimum Gasteiger partial charge on any atom is -0.338 e. The molecule has 0 aliphatic carbocycles. The molecule has 5 rings (SSSR count).